The van der Waals surface area contributed by atoms with Crippen molar-refractivity contribution in [2.24, 2.45) is 5.73 Å². The Morgan fingerprint density at radius 1 is 1.29 bits per heavy atom. The Morgan fingerprint density at radius 3 is 2.64 bits per heavy atom. The van der Waals surface area contributed by atoms with Gasteiger partial charge < -0.3 is 16.4 Å². The normalized spacial score (nSPS) is 21.5. The van der Waals surface area contributed by atoms with E-state index in [2.05, 4.69) is 17.0 Å². The number of rotatable bonds is 2. The van der Waals surface area contributed by atoms with Gasteiger partial charge in [-0.1, -0.05) is 0 Å². The highest BCUT2D eigenvalue weighted by Gasteiger charge is 2.22. The number of nitrogens with two attached hydrogens (primary N) is 2. The van der Waals surface area contributed by atoms with E-state index in [-0.39, 0.29) is 0 Å². The largest absolute Gasteiger partial charge is 0.399 e. The summed E-state index contributed by atoms with van der Waals surface area (Å²) in [6.45, 7) is 1.86. The van der Waals surface area contributed by atoms with Gasteiger partial charge in [-0.3, -0.25) is 0 Å². The van der Waals surface area contributed by atoms with Gasteiger partial charge in [0.15, 0.2) is 0 Å². The first-order chi connectivity index (χ1) is 6.81. The van der Waals surface area contributed by atoms with Gasteiger partial charge in [0.1, 0.15) is 0 Å². The molecule has 3 nitrogen and oxygen atoms in total. The lowest BCUT2D eigenvalue weighted by Gasteiger charge is -2.25. The number of nitrogens with zero attached hydrogens (tertiary/aromatic N) is 1. The molecule has 14 heavy (non-hydrogen) atoms. The maximum Gasteiger partial charge on any atom is 0.0412 e. The van der Waals surface area contributed by atoms with Crippen LogP contribution in [0, 0.1) is 0 Å². The van der Waals surface area contributed by atoms with E-state index in [1.54, 1.807) is 0 Å². The van der Waals surface area contributed by atoms with Crippen LogP contribution < -0.4 is 16.4 Å². The lowest BCUT2D eigenvalue weighted by molar-refractivity contribution is 0.677. The highest BCUT2D eigenvalue weighted by atomic mass is 15.2. The molecule has 0 radical (unpaired) electrons. The van der Waals surface area contributed by atoms with Crippen molar-refractivity contribution in [1.29, 1.82) is 0 Å². The Labute approximate surface area is 84.7 Å². The van der Waals surface area contributed by atoms with Crippen LogP contribution in [0.25, 0.3) is 0 Å². The van der Waals surface area contributed by atoms with Crippen LogP contribution in [0.15, 0.2) is 24.3 Å². The fourth-order valence-electron chi connectivity index (χ4n) is 2.09. The summed E-state index contributed by atoms with van der Waals surface area (Å²) in [5, 5.41) is 0. The van der Waals surface area contributed by atoms with E-state index >= 15 is 0 Å². The second kappa shape index (κ2) is 3.88. The lowest BCUT2D eigenvalue weighted by atomic mass is 10.2. The smallest absolute Gasteiger partial charge is 0.0412 e. The lowest BCUT2D eigenvalue weighted by Crippen LogP contribution is -2.35. The van der Waals surface area contributed by atoms with Gasteiger partial charge in [-0.05, 0) is 37.1 Å². The third-order valence-corrected chi connectivity index (χ3v) is 2.87. The molecule has 0 amide bonds. The topological polar surface area (TPSA) is 55.3 Å². The second-order valence-electron chi connectivity index (χ2n) is 3.82. The third-order valence-electron chi connectivity index (χ3n) is 2.87. The quantitative estimate of drug-likeness (QED) is 0.690. The zero-order chi connectivity index (χ0) is 9.97. The molecule has 1 aliphatic rings. The fourth-order valence-corrected chi connectivity index (χ4v) is 2.09. The van der Waals surface area contributed by atoms with Crippen LogP contribution in [-0.2, 0) is 0 Å². The first-order valence-electron chi connectivity index (χ1n) is 5.13. The maximum atomic E-state index is 5.73. The molecule has 1 saturated heterocycles. The predicted molar refractivity (Wildman–Crippen MR) is 60.3 cm³/mol. The zero-order valence-corrected chi connectivity index (χ0v) is 8.32. The Kier molecular flexibility index (Phi) is 2.59. The minimum atomic E-state index is 0.513. The predicted octanol–water partition coefficient (Wildman–Crippen LogP) is 1.20. The van der Waals surface area contributed by atoms with Gasteiger partial charge in [0, 0.05) is 30.5 Å². The van der Waals surface area contributed by atoms with Gasteiger partial charge in [0.2, 0.25) is 0 Å². The van der Waals surface area contributed by atoms with Gasteiger partial charge in [-0.25, -0.2) is 0 Å². The third kappa shape index (κ3) is 1.68. The van der Waals surface area contributed by atoms with E-state index in [0.29, 0.717) is 6.04 Å². The zero-order valence-electron chi connectivity index (χ0n) is 8.32. The standard InChI is InChI=1S/C11H17N3/c12-8-11-2-1-7-14(11)10-5-3-9(13)4-6-10/h3-6,11H,1-2,7-8,12-13H2. The molecule has 1 atom stereocenters. The van der Waals surface area contributed by atoms with E-state index < -0.39 is 0 Å². The van der Waals surface area contributed by atoms with Crippen LogP contribution in [0.1, 0.15) is 12.8 Å². The molecule has 1 aromatic carbocycles. The molecule has 0 saturated carbocycles. The van der Waals surface area contributed by atoms with Crippen LogP contribution in [0.2, 0.25) is 0 Å². The molecule has 1 aliphatic heterocycles. The Morgan fingerprint density at radius 2 is 2.00 bits per heavy atom. The monoisotopic (exact) mass is 191 g/mol. The van der Waals surface area contributed by atoms with Gasteiger partial charge in [0.05, 0.1) is 0 Å². The Hall–Kier alpha value is -1.22. The summed E-state index contributed by atoms with van der Waals surface area (Å²) in [7, 11) is 0. The Balaban J connectivity index is 2.17. The van der Waals surface area contributed by atoms with Crippen molar-refractivity contribution in [3.05, 3.63) is 24.3 Å². The number of benzene rings is 1. The molecule has 1 aromatic rings. The average Bonchev–Trinajstić information content (AvgIpc) is 2.67. The Bertz CT molecular complexity index is 294. The molecule has 2 rings (SSSR count). The van der Waals surface area contributed by atoms with Gasteiger partial charge in [-0.2, -0.15) is 0 Å². The first-order valence-corrected chi connectivity index (χ1v) is 5.13. The van der Waals surface area contributed by atoms with Crippen molar-refractivity contribution in [2.45, 2.75) is 18.9 Å². The van der Waals surface area contributed by atoms with Crippen molar-refractivity contribution < 1.29 is 0 Å². The van der Waals surface area contributed by atoms with Crippen molar-refractivity contribution in [3.63, 3.8) is 0 Å². The number of hydrogen-bond donors (Lipinski definition) is 2. The van der Waals surface area contributed by atoms with Crippen molar-refractivity contribution in [1.82, 2.24) is 0 Å². The molecule has 4 N–H and O–H groups in total. The van der Waals surface area contributed by atoms with Crippen LogP contribution >= 0.6 is 0 Å². The summed E-state index contributed by atoms with van der Waals surface area (Å²) >= 11 is 0. The van der Waals surface area contributed by atoms with E-state index in [1.807, 2.05) is 12.1 Å². The molecule has 0 bridgehead atoms. The SMILES string of the molecule is NCC1CCCN1c1ccc(N)cc1. The molecule has 0 aliphatic carbocycles. The highest BCUT2D eigenvalue weighted by Crippen LogP contribution is 2.25. The van der Waals surface area contributed by atoms with Gasteiger partial charge >= 0.3 is 0 Å². The summed E-state index contributed by atoms with van der Waals surface area (Å²) < 4.78 is 0. The van der Waals surface area contributed by atoms with Gasteiger partial charge in [0.25, 0.3) is 0 Å². The van der Waals surface area contributed by atoms with Crippen molar-refractivity contribution in [3.8, 4) is 0 Å². The van der Waals surface area contributed by atoms with Crippen LogP contribution in [0.3, 0.4) is 0 Å². The molecule has 1 heterocycles. The molecule has 1 unspecified atom stereocenters. The minimum absolute atomic E-state index is 0.513. The van der Waals surface area contributed by atoms with Crippen molar-refractivity contribution >= 4 is 11.4 Å². The second-order valence-corrected chi connectivity index (χ2v) is 3.82. The maximum absolute atomic E-state index is 5.73. The number of nitrogen functional groups attached to an aromatic ring is 1. The van der Waals surface area contributed by atoms with E-state index in [9.17, 15) is 0 Å². The fraction of sp³-hybridized carbons (Fsp3) is 0.455. The molecule has 76 valence electrons. The summed E-state index contributed by atoms with van der Waals surface area (Å²) in [6, 6.07) is 8.55. The van der Waals surface area contributed by atoms with Crippen LogP contribution in [0.5, 0.6) is 0 Å². The molecule has 3 heteroatoms. The summed E-state index contributed by atoms with van der Waals surface area (Å²) in [4.78, 5) is 2.37. The van der Waals surface area contributed by atoms with E-state index in [0.717, 1.165) is 18.8 Å². The van der Waals surface area contributed by atoms with E-state index in [1.165, 1.54) is 18.5 Å². The minimum Gasteiger partial charge on any atom is -0.399 e. The number of hydrogen-bond acceptors (Lipinski definition) is 3. The molecular weight excluding hydrogens is 174 g/mol. The average molecular weight is 191 g/mol. The molecule has 0 aromatic heterocycles. The first kappa shape index (κ1) is 9.34. The van der Waals surface area contributed by atoms with E-state index in [4.69, 9.17) is 11.5 Å². The van der Waals surface area contributed by atoms with Crippen LogP contribution in [-0.4, -0.2) is 19.1 Å². The summed E-state index contributed by atoms with van der Waals surface area (Å²) in [5.74, 6) is 0. The molecule has 0 spiro atoms. The summed E-state index contributed by atoms with van der Waals surface area (Å²) in [5.41, 5.74) is 13.4. The molecular formula is C11H17N3. The number of anilines is 2. The summed E-state index contributed by atoms with van der Waals surface area (Å²) in [6.07, 6.45) is 2.45. The van der Waals surface area contributed by atoms with Gasteiger partial charge in [-0.15, -0.1) is 0 Å². The molecule has 1 fully saturated rings. The van der Waals surface area contributed by atoms with Crippen LogP contribution in [0.4, 0.5) is 11.4 Å². The van der Waals surface area contributed by atoms with Crippen molar-refractivity contribution in [2.75, 3.05) is 23.7 Å². The highest BCUT2D eigenvalue weighted by molar-refractivity contribution is 5.54.